The molecule has 1 aromatic carbocycles. The van der Waals surface area contributed by atoms with Gasteiger partial charge in [-0.25, -0.2) is 4.39 Å². The Labute approximate surface area is 106 Å². The molecule has 0 fully saturated rings. The van der Waals surface area contributed by atoms with E-state index in [0.29, 0.717) is 4.47 Å². The van der Waals surface area contributed by atoms with Gasteiger partial charge in [-0.2, -0.15) is 0 Å². The van der Waals surface area contributed by atoms with Crippen molar-refractivity contribution < 1.29 is 14.6 Å². The summed E-state index contributed by atoms with van der Waals surface area (Å²) in [7, 11) is 0. The highest BCUT2D eigenvalue weighted by molar-refractivity contribution is 9.10. The second-order valence-corrected chi connectivity index (χ2v) is 4.30. The third-order valence-electron chi connectivity index (χ3n) is 2.36. The van der Waals surface area contributed by atoms with E-state index < -0.39 is 11.9 Å². The first-order valence-corrected chi connectivity index (χ1v) is 5.66. The summed E-state index contributed by atoms with van der Waals surface area (Å²) in [5, 5.41) is 19.7. The van der Waals surface area contributed by atoms with Gasteiger partial charge in [-0.05, 0) is 40.2 Å². The van der Waals surface area contributed by atoms with Crippen LogP contribution in [0.15, 0.2) is 41.0 Å². The second kappa shape index (κ2) is 4.81. The summed E-state index contributed by atoms with van der Waals surface area (Å²) in [5.41, 5.74) is 0.0953. The van der Waals surface area contributed by atoms with Crippen molar-refractivity contribution in [3.8, 4) is 5.75 Å². The van der Waals surface area contributed by atoms with E-state index in [1.165, 1.54) is 18.3 Å². The number of nitrogens with zero attached hydrogens (tertiary/aromatic N) is 1. The number of hydrogen-bond acceptors (Lipinski definition) is 3. The zero-order valence-corrected chi connectivity index (χ0v) is 10.2. The minimum Gasteiger partial charge on any atom is -0.506 e. The molecule has 5 heteroatoms. The van der Waals surface area contributed by atoms with Crippen molar-refractivity contribution in [2.45, 2.75) is 6.10 Å². The monoisotopic (exact) mass is 297 g/mol. The zero-order valence-electron chi connectivity index (χ0n) is 8.64. The minimum atomic E-state index is -1.30. The minimum absolute atomic E-state index is 0.182. The van der Waals surface area contributed by atoms with Crippen molar-refractivity contribution in [1.82, 2.24) is 4.98 Å². The van der Waals surface area contributed by atoms with Crippen molar-refractivity contribution in [3.63, 3.8) is 0 Å². The van der Waals surface area contributed by atoms with Crippen LogP contribution in [0.25, 0.3) is 0 Å². The smallest absolute Gasteiger partial charge is 0.138 e. The number of phenols is 1. The van der Waals surface area contributed by atoms with E-state index in [1.807, 2.05) is 0 Å². The Morgan fingerprint density at radius 1 is 1.24 bits per heavy atom. The highest BCUT2D eigenvalue weighted by Gasteiger charge is 2.21. The average molecular weight is 298 g/mol. The number of pyridine rings is 1. The molecule has 2 aromatic rings. The molecule has 17 heavy (non-hydrogen) atoms. The van der Waals surface area contributed by atoms with Crippen LogP contribution in [0.1, 0.15) is 17.4 Å². The molecule has 1 aromatic heterocycles. The van der Waals surface area contributed by atoms with Gasteiger partial charge in [-0.15, -0.1) is 0 Å². The Morgan fingerprint density at radius 2 is 2.00 bits per heavy atom. The van der Waals surface area contributed by atoms with Crippen LogP contribution in [-0.2, 0) is 0 Å². The summed E-state index contributed by atoms with van der Waals surface area (Å²) >= 11 is 3.07. The van der Waals surface area contributed by atoms with Crippen LogP contribution in [0.5, 0.6) is 5.75 Å². The maximum absolute atomic E-state index is 13.6. The summed E-state index contributed by atoms with van der Waals surface area (Å²) < 4.78 is 13.9. The molecule has 0 spiro atoms. The van der Waals surface area contributed by atoms with Crippen LogP contribution in [-0.4, -0.2) is 15.2 Å². The second-order valence-electron chi connectivity index (χ2n) is 3.45. The topological polar surface area (TPSA) is 53.4 Å². The average Bonchev–Trinajstić information content (AvgIpc) is 2.35. The van der Waals surface area contributed by atoms with E-state index in [4.69, 9.17) is 0 Å². The van der Waals surface area contributed by atoms with Crippen molar-refractivity contribution in [1.29, 1.82) is 0 Å². The van der Waals surface area contributed by atoms with E-state index in [9.17, 15) is 14.6 Å². The lowest BCUT2D eigenvalue weighted by molar-refractivity contribution is 0.205. The molecule has 3 nitrogen and oxygen atoms in total. The fraction of sp³-hybridized carbons (Fsp3) is 0.0833. The Balaban J connectivity index is 2.51. The summed E-state index contributed by atoms with van der Waals surface area (Å²) in [6, 6.07) is 7.47. The van der Waals surface area contributed by atoms with Crippen molar-refractivity contribution in [2.75, 3.05) is 0 Å². The van der Waals surface area contributed by atoms with Crippen molar-refractivity contribution in [3.05, 3.63) is 58.1 Å². The van der Waals surface area contributed by atoms with Gasteiger partial charge in [-0.1, -0.05) is 6.07 Å². The molecule has 0 aliphatic carbocycles. The van der Waals surface area contributed by atoms with E-state index in [-0.39, 0.29) is 17.0 Å². The van der Waals surface area contributed by atoms with Gasteiger partial charge in [0.2, 0.25) is 0 Å². The first-order chi connectivity index (χ1) is 8.11. The molecule has 0 radical (unpaired) electrons. The fourth-order valence-corrected chi connectivity index (χ4v) is 1.85. The molecule has 1 unspecified atom stereocenters. The fourth-order valence-electron chi connectivity index (χ4n) is 1.50. The maximum Gasteiger partial charge on any atom is 0.138 e. The quantitative estimate of drug-likeness (QED) is 0.896. The van der Waals surface area contributed by atoms with Crippen LogP contribution in [0, 0.1) is 5.82 Å². The zero-order chi connectivity index (χ0) is 12.4. The predicted octanol–water partition coefficient (Wildman–Crippen LogP) is 2.77. The summed E-state index contributed by atoms with van der Waals surface area (Å²) in [4.78, 5) is 3.92. The first-order valence-electron chi connectivity index (χ1n) is 4.87. The van der Waals surface area contributed by atoms with Crippen LogP contribution in [0.4, 0.5) is 4.39 Å². The Kier molecular flexibility index (Phi) is 3.40. The summed E-state index contributed by atoms with van der Waals surface area (Å²) in [6.45, 7) is 0. The van der Waals surface area contributed by atoms with Gasteiger partial charge in [0.25, 0.3) is 0 Å². The third kappa shape index (κ3) is 2.30. The van der Waals surface area contributed by atoms with Crippen LogP contribution >= 0.6 is 15.9 Å². The standard InChI is InChI=1S/C12H9BrFNO2/c13-7-4-5-8(14)10(11(7)16)12(17)9-3-1-2-6-15-9/h1-6,12,16-17H. The molecule has 2 rings (SSSR count). The van der Waals surface area contributed by atoms with E-state index in [2.05, 4.69) is 20.9 Å². The van der Waals surface area contributed by atoms with Gasteiger partial charge in [0.05, 0.1) is 15.7 Å². The van der Waals surface area contributed by atoms with Gasteiger partial charge in [-0.3, -0.25) is 4.98 Å². The van der Waals surface area contributed by atoms with Gasteiger partial charge < -0.3 is 10.2 Å². The predicted molar refractivity (Wildman–Crippen MR) is 64.1 cm³/mol. The van der Waals surface area contributed by atoms with Crippen molar-refractivity contribution >= 4 is 15.9 Å². The molecule has 2 N–H and O–H groups in total. The number of aliphatic hydroxyl groups excluding tert-OH is 1. The summed E-state index contributed by atoms with van der Waals surface area (Å²) in [6.07, 6.45) is 0.194. The number of aliphatic hydroxyl groups is 1. The van der Waals surface area contributed by atoms with Crippen LogP contribution in [0.2, 0.25) is 0 Å². The van der Waals surface area contributed by atoms with E-state index >= 15 is 0 Å². The molecule has 0 saturated carbocycles. The number of rotatable bonds is 2. The lowest BCUT2D eigenvalue weighted by Gasteiger charge is -2.13. The lowest BCUT2D eigenvalue weighted by atomic mass is 10.0. The third-order valence-corrected chi connectivity index (χ3v) is 3.00. The maximum atomic E-state index is 13.6. The van der Waals surface area contributed by atoms with Gasteiger partial charge >= 0.3 is 0 Å². The molecule has 0 bridgehead atoms. The van der Waals surface area contributed by atoms with Gasteiger partial charge in [0, 0.05) is 6.20 Å². The van der Waals surface area contributed by atoms with Crippen LogP contribution < -0.4 is 0 Å². The van der Waals surface area contributed by atoms with Gasteiger partial charge in [0.15, 0.2) is 0 Å². The molecule has 88 valence electrons. The number of hydrogen-bond donors (Lipinski definition) is 2. The van der Waals surface area contributed by atoms with Crippen LogP contribution in [0.3, 0.4) is 0 Å². The van der Waals surface area contributed by atoms with Crippen molar-refractivity contribution in [2.24, 2.45) is 0 Å². The Morgan fingerprint density at radius 3 is 2.65 bits per heavy atom. The SMILES string of the molecule is Oc1c(Br)ccc(F)c1C(O)c1ccccn1. The molecule has 0 aliphatic heterocycles. The molecular weight excluding hydrogens is 289 g/mol. The Hall–Kier alpha value is -1.46. The molecule has 0 aliphatic rings. The number of aromatic nitrogens is 1. The lowest BCUT2D eigenvalue weighted by Crippen LogP contribution is -2.05. The largest absolute Gasteiger partial charge is 0.506 e. The first kappa shape index (κ1) is 12.0. The highest BCUT2D eigenvalue weighted by atomic mass is 79.9. The van der Waals surface area contributed by atoms with E-state index in [0.717, 1.165) is 0 Å². The summed E-state index contributed by atoms with van der Waals surface area (Å²) in [5.74, 6) is -0.994. The molecule has 0 saturated heterocycles. The van der Waals surface area contributed by atoms with E-state index in [1.54, 1.807) is 18.2 Å². The molecular formula is C12H9BrFNO2. The number of aromatic hydroxyl groups is 1. The van der Waals surface area contributed by atoms with Gasteiger partial charge in [0.1, 0.15) is 17.7 Å². The number of benzene rings is 1. The normalized spacial score (nSPS) is 12.4. The number of halogens is 2. The number of phenolic OH excluding ortho intramolecular Hbond substituents is 1. The molecule has 1 heterocycles. The Bertz CT molecular complexity index is 534. The highest BCUT2D eigenvalue weighted by Crippen LogP contribution is 2.36. The molecule has 1 atom stereocenters. The molecule has 0 amide bonds.